The second kappa shape index (κ2) is 7.07. The maximum absolute atomic E-state index is 12.6. The van der Waals surface area contributed by atoms with Crippen molar-refractivity contribution in [3.63, 3.8) is 0 Å². The summed E-state index contributed by atoms with van der Waals surface area (Å²) in [4.78, 5) is 18.6. The highest BCUT2D eigenvalue weighted by Gasteiger charge is 2.27. The molecule has 0 radical (unpaired) electrons. The van der Waals surface area contributed by atoms with Crippen molar-refractivity contribution >= 4 is 5.91 Å². The molecule has 2 aromatic rings. The van der Waals surface area contributed by atoms with Crippen molar-refractivity contribution in [1.82, 2.24) is 14.5 Å². The Labute approximate surface area is 143 Å². The number of nitrogens with zero attached hydrogens (tertiary/aromatic N) is 3. The minimum atomic E-state index is -0.205. The first-order chi connectivity index (χ1) is 11.5. The van der Waals surface area contributed by atoms with Gasteiger partial charge in [0.1, 0.15) is 17.9 Å². The van der Waals surface area contributed by atoms with Crippen LogP contribution in [0.15, 0.2) is 36.9 Å². The van der Waals surface area contributed by atoms with Gasteiger partial charge in [-0.05, 0) is 38.0 Å². The lowest BCUT2D eigenvalue weighted by Crippen LogP contribution is -2.44. The number of hydrogen-bond acceptors (Lipinski definition) is 3. The van der Waals surface area contributed by atoms with E-state index >= 15 is 0 Å². The largest absolute Gasteiger partial charge is 0.490 e. The number of ether oxygens (including phenoxy) is 1. The van der Waals surface area contributed by atoms with Gasteiger partial charge in [-0.15, -0.1) is 0 Å². The van der Waals surface area contributed by atoms with Crippen LogP contribution < -0.4 is 4.74 Å². The first kappa shape index (κ1) is 16.6. The Bertz CT molecular complexity index is 689. The summed E-state index contributed by atoms with van der Waals surface area (Å²) >= 11 is 0. The Morgan fingerprint density at radius 3 is 2.71 bits per heavy atom. The topological polar surface area (TPSA) is 47.4 Å². The zero-order valence-electron chi connectivity index (χ0n) is 14.6. The van der Waals surface area contributed by atoms with Gasteiger partial charge in [-0.25, -0.2) is 4.98 Å². The van der Waals surface area contributed by atoms with Crippen molar-refractivity contribution in [1.29, 1.82) is 0 Å². The van der Waals surface area contributed by atoms with Crippen LogP contribution in [0, 0.1) is 13.8 Å². The molecule has 1 amide bonds. The number of rotatable bonds is 4. The highest BCUT2D eigenvalue weighted by molar-refractivity contribution is 5.80. The predicted octanol–water partition coefficient (Wildman–Crippen LogP) is 3.13. The number of likely N-dealkylation sites (tertiary alicyclic amines) is 1. The SMILES string of the molecule is Cc1ccc(C)c(OC2CCN(C(=O)[C@@H](C)n3ccnc3)CC2)c1. The van der Waals surface area contributed by atoms with E-state index in [0.29, 0.717) is 0 Å². The Kier molecular flexibility index (Phi) is 4.88. The lowest BCUT2D eigenvalue weighted by Gasteiger charge is -2.34. The number of carbonyl (C=O) groups excluding carboxylic acids is 1. The minimum Gasteiger partial charge on any atom is -0.490 e. The molecule has 0 aliphatic carbocycles. The van der Waals surface area contributed by atoms with E-state index in [-0.39, 0.29) is 18.1 Å². The maximum atomic E-state index is 12.6. The lowest BCUT2D eigenvalue weighted by molar-refractivity contribution is -0.136. The fourth-order valence-corrected chi connectivity index (χ4v) is 3.10. The van der Waals surface area contributed by atoms with Gasteiger partial charge in [-0.1, -0.05) is 12.1 Å². The van der Waals surface area contributed by atoms with Crippen LogP contribution in [0.1, 0.15) is 36.9 Å². The highest BCUT2D eigenvalue weighted by Crippen LogP contribution is 2.24. The summed E-state index contributed by atoms with van der Waals surface area (Å²) in [6.07, 6.45) is 7.15. The molecule has 5 nitrogen and oxygen atoms in total. The Balaban J connectivity index is 1.56. The number of imidazole rings is 1. The van der Waals surface area contributed by atoms with Gasteiger partial charge >= 0.3 is 0 Å². The zero-order valence-corrected chi connectivity index (χ0v) is 14.6. The third-order valence-electron chi connectivity index (χ3n) is 4.72. The summed E-state index contributed by atoms with van der Waals surface area (Å²) < 4.78 is 8.02. The molecule has 0 unspecified atom stereocenters. The highest BCUT2D eigenvalue weighted by atomic mass is 16.5. The molecule has 128 valence electrons. The van der Waals surface area contributed by atoms with E-state index in [1.165, 1.54) is 5.56 Å². The maximum Gasteiger partial charge on any atom is 0.245 e. The summed E-state index contributed by atoms with van der Waals surface area (Å²) in [5, 5.41) is 0. The molecule has 5 heteroatoms. The molecule has 1 saturated heterocycles. The van der Waals surface area contributed by atoms with E-state index < -0.39 is 0 Å². The molecule has 0 spiro atoms. The lowest BCUT2D eigenvalue weighted by atomic mass is 10.1. The van der Waals surface area contributed by atoms with Crippen LogP contribution in [0.2, 0.25) is 0 Å². The van der Waals surface area contributed by atoms with Crippen molar-refractivity contribution in [2.45, 2.75) is 45.8 Å². The summed E-state index contributed by atoms with van der Waals surface area (Å²) in [5.74, 6) is 1.12. The zero-order chi connectivity index (χ0) is 17.1. The molecule has 1 atom stereocenters. The van der Waals surface area contributed by atoms with Crippen molar-refractivity contribution < 1.29 is 9.53 Å². The van der Waals surface area contributed by atoms with Crippen LogP contribution in [0.5, 0.6) is 5.75 Å². The van der Waals surface area contributed by atoms with Gasteiger partial charge in [0.25, 0.3) is 0 Å². The van der Waals surface area contributed by atoms with Crippen LogP contribution in [-0.2, 0) is 4.79 Å². The third-order valence-corrected chi connectivity index (χ3v) is 4.72. The summed E-state index contributed by atoms with van der Waals surface area (Å²) in [6, 6.07) is 6.08. The van der Waals surface area contributed by atoms with Gasteiger partial charge in [0, 0.05) is 38.3 Å². The number of piperidine rings is 1. The standard InChI is InChI=1S/C19H25N3O2/c1-14-4-5-15(2)18(12-14)24-17-6-9-21(10-7-17)19(23)16(3)22-11-8-20-13-22/h4-5,8,11-13,16-17H,6-7,9-10H2,1-3H3/t16-/m1/s1. The van der Waals surface area contributed by atoms with Gasteiger partial charge in [0.2, 0.25) is 5.91 Å². The van der Waals surface area contributed by atoms with Crippen LogP contribution in [-0.4, -0.2) is 39.6 Å². The third kappa shape index (κ3) is 3.61. The van der Waals surface area contributed by atoms with Crippen molar-refractivity contribution in [3.05, 3.63) is 48.0 Å². The molecule has 1 aromatic heterocycles. The van der Waals surface area contributed by atoms with E-state index in [2.05, 4.69) is 37.0 Å². The van der Waals surface area contributed by atoms with E-state index in [1.807, 2.05) is 22.6 Å². The Morgan fingerprint density at radius 1 is 1.29 bits per heavy atom. The number of aryl methyl sites for hydroxylation is 2. The van der Waals surface area contributed by atoms with Gasteiger partial charge in [-0.2, -0.15) is 0 Å². The first-order valence-corrected chi connectivity index (χ1v) is 8.54. The van der Waals surface area contributed by atoms with Gasteiger partial charge in [-0.3, -0.25) is 4.79 Å². The Hall–Kier alpha value is -2.30. The van der Waals surface area contributed by atoms with E-state index in [4.69, 9.17) is 4.74 Å². The fraction of sp³-hybridized carbons (Fsp3) is 0.474. The molecule has 1 fully saturated rings. The van der Waals surface area contributed by atoms with Gasteiger partial charge in [0.05, 0.1) is 6.33 Å². The van der Waals surface area contributed by atoms with Crippen LogP contribution in [0.4, 0.5) is 0 Å². The molecule has 1 aliphatic heterocycles. The molecule has 0 N–H and O–H groups in total. The number of amides is 1. The molecule has 1 aromatic carbocycles. The number of aromatic nitrogens is 2. The average molecular weight is 327 g/mol. The van der Waals surface area contributed by atoms with Gasteiger partial charge < -0.3 is 14.2 Å². The van der Waals surface area contributed by atoms with Crippen LogP contribution in [0.3, 0.4) is 0 Å². The van der Waals surface area contributed by atoms with Crippen molar-refractivity contribution in [3.8, 4) is 5.75 Å². The van der Waals surface area contributed by atoms with Crippen molar-refractivity contribution in [2.75, 3.05) is 13.1 Å². The second-order valence-electron chi connectivity index (χ2n) is 6.60. The fourth-order valence-electron chi connectivity index (χ4n) is 3.10. The summed E-state index contributed by atoms with van der Waals surface area (Å²) in [6.45, 7) is 7.55. The monoisotopic (exact) mass is 327 g/mol. The Morgan fingerprint density at radius 2 is 2.04 bits per heavy atom. The number of hydrogen-bond donors (Lipinski definition) is 0. The average Bonchev–Trinajstić information content (AvgIpc) is 3.12. The summed E-state index contributed by atoms with van der Waals surface area (Å²) in [5.41, 5.74) is 2.37. The normalized spacial score (nSPS) is 16.9. The van der Waals surface area contributed by atoms with Gasteiger partial charge in [0.15, 0.2) is 0 Å². The molecular weight excluding hydrogens is 302 g/mol. The van der Waals surface area contributed by atoms with E-state index in [1.54, 1.807) is 12.5 Å². The summed E-state index contributed by atoms with van der Waals surface area (Å²) in [7, 11) is 0. The smallest absolute Gasteiger partial charge is 0.245 e. The molecular formula is C19H25N3O2. The van der Waals surface area contributed by atoms with Crippen LogP contribution in [0.25, 0.3) is 0 Å². The molecule has 1 aliphatic rings. The second-order valence-corrected chi connectivity index (χ2v) is 6.60. The van der Waals surface area contributed by atoms with Crippen molar-refractivity contribution in [2.24, 2.45) is 0 Å². The minimum absolute atomic E-state index is 0.151. The van der Waals surface area contributed by atoms with E-state index in [9.17, 15) is 4.79 Å². The predicted molar refractivity (Wildman–Crippen MR) is 93.1 cm³/mol. The molecule has 0 bridgehead atoms. The van der Waals surface area contributed by atoms with Crippen LogP contribution >= 0.6 is 0 Å². The quantitative estimate of drug-likeness (QED) is 0.867. The number of carbonyl (C=O) groups is 1. The molecule has 2 heterocycles. The molecule has 3 rings (SSSR count). The number of benzene rings is 1. The molecule has 24 heavy (non-hydrogen) atoms. The molecule has 0 saturated carbocycles. The van der Waals surface area contributed by atoms with E-state index in [0.717, 1.165) is 37.2 Å². The first-order valence-electron chi connectivity index (χ1n) is 8.54.